The van der Waals surface area contributed by atoms with Gasteiger partial charge in [-0.15, -0.1) is 0 Å². The van der Waals surface area contributed by atoms with Gasteiger partial charge in [-0.2, -0.15) is 0 Å². The van der Waals surface area contributed by atoms with E-state index in [4.69, 9.17) is 4.42 Å². The summed E-state index contributed by atoms with van der Waals surface area (Å²) in [6, 6.07) is 12.0. The molecule has 3 aromatic rings. The smallest absolute Gasteiger partial charge is 0.151 e. The van der Waals surface area contributed by atoms with Crippen molar-refractivity contribution in [2.24, 2.45) is 0 Å². The van der Waals surface area contributed by atoms with Crippen LogP contribution in [-0.2, 0) is 6.54 Å². The second-order valence-electron chi connectivity index (χ2n) is 4.88. The lowest BCUT2D eigenvalue weighted by molar-refractivity contribution is 0.611. The molecular formula is C16H17N3O. The van der Waals surface area contributed by atoms with Gasteiger partial charge < -0.3 is 14.6 Å². The van der Waals surface area contributed by atoms with E-state index in [-0.39, 0.29) is 0 Å². The third kappa shape index (κ3) is 2.32. The maximum absolute atomic E-state index is 5.55. The molecular weight excluding hydrogens is 250 g/mol. The molecule has 0 aliphatic rings. The molecule has 0 atom stereocenters. The maximum Gasteiger partial charge on any atom is 0.151 e. The Morgan fingerprint density at radius 2 is 2.00 bits per heavy atom. The van der Waals surface area contributed by atoms with Crippen molar-refractivity contribution in [2.45, 2.75) is 6.54 Å². The number of para-hydroxylation sites is 1. The van der Waals surface area contributed by atoms with Gasteiger partial charge in [0.2, 0.25) is 0 Å². The number of aromatic nitrogens is 1. The van der Waals surface area contributed by atoms with E-state index in [2.05, 4.69) is 16.4 Å². The fourth-order valence-electron chi connectivity index (χ4n) is 2.25. The summed E-state index contributed by atoms with van der Waals surface area (Å²) in [5.41, 5.74) is 3.08. The van der Waals surface area contributed by atoms with Gasteiger partial charge in [0.25, 0.3) is 0 Å². The number of pyridine rings is 1. The molecule has 1 N–H and O–H groups in total. The third-order valence-corrected chi connectivity index (χ3v) is 3.24. The van der Waals surface area contributed by atoms with Gasteiger partial charge in [-0.25, -0.2) is 4.98 Å². The lowest BCUT2D eigenvalue weighted by atomic mass is 10.2. The number of fused-ring (bicyclic) bond motifs is 1. The van der Waals surface area contributed by atoms with E-state index in [1.807, 2.05) is 55.6 Å². The molecule has 0 aliphatic carbocycles. The van der Waals surface area contributed by atoms with Crippen LogP contribution in [0.1, 0.15) is 5.56 Å². The highest BCUT2D eigenvalue weighted by Gasteiger charge is 2.08. The largest absolute Gasteiger partial charge is 0.464 e. The van der Waals surface area contributed by atoms with E-state index in [0.29, 0.717) is 6.54 Å². The van der Waals surface area contributed by atoms with Crippen molar-refractivity contribution in [1.29, 1.82) is 0 Å². The molecule has 3 rings (SSSR count). The molecule has 0 aliphatic heterocycles. The Bertz CT molecular complexity index is 718. The summed E-state index contributed by atoms with van der Waals surface area (Å²) in [5, 5.41) is 4.57. The Kier molecular flexibility index (Phi) is 3.29. The molecule has 20 heavy (non-hydrogen) atoms. The van der Waals surface area contributed by atoms with Crippen molar-refractivity contribution in [1.82, 2.24) is 4.98 Å². The molecule has 0 bridgehead atoms. The van der Waals surface area contributed by atoms with E-state index in [9.17, 15) is 0 Å². The second kappa shape index (κ2) is 5.25. The first-order valence-electron chi connectivity index (χ1n) is 6.57. The van der Waals surface area contributed by atoms with Gasteiger partial charge in [0.1, 0.15) is 5.58 Å². The van der Waals surface area contributed by atoms with Gasteiger partial charge in [-0.3, -0.25) is 0 Å². The van der Waals surface area contributed by atoms with Crippen LogP contribution in [0.15, 0.2) is 53.3 Å². The van der Waals surface area contributed by atoms with E-state index in [1.165, 1.54) is 0 Å². The number of hydrogen-bond acceptors (Lipinski definition) is 4. The van der Waals surface area contributed by atoms with Gasteiger partial charge in [0.05, 0.1) is 12.0 Å². The number of benzene rings is 1. The zero-order valence-corrected chi connectivity index (χ0v) is 11.6. The lowest BCUT2D eigenvalue weighted by Gasteiger charge is -2.16. The molecule has 0 spiro atoms. The average Bonchev–Trinajstić information content (AvgIpc) is 2.88. The Morgan fingerprint density at radius 3 is 2.85 bits per heavy atom. The Labute approximate surface area is 118 Å². The number of anilines is 2. The quantitative estimate of drug-likeness (QED) is 0.785. The normalized spacial score (nSPS) is 10.7. The molecule has 4 heteroatoms. The Morgan fingerprint density at radius 1 is 1.15 bits per heavy atom. The van der Waals surface area contributed by atoms with Crippen molar-refractivity contribution < 1.29 is 4.42 Å². The minimum absolute atomic E-state index is 0.712. The summed E-state index contributed by atoms with van der Waals surface area (Å²) >= 11 is 0. The zero-order chi connectivity index (χ0) is 13.9. The number of nitrogens with zero attached hydrogens (tertiary/aromatic N) is 2. The first kappa shape index (κ1) is 12.5. The molecule has 102 valence electrons. The molecule has 1 aromatic carbocycles. The standard InChI is InChI=1S/C16H17N3O/c1-19(2)16-14(7-5-9-17-16)18-10-12-11-20-15-8-4-3-6-13(12)15/h3-9,11,18H,10H2,1-2H3. The predicted molar refractivity (Wildman–Crippen MR) is 82.1 cm³/mol. The Hall–Kier alpha value is -2.49. The number of furan rings is 1. The van der Waals surface area contributed by atoms with Gasteiger partial charge in [-0.1, -0.05) is 18.2 Å². The van der Waals surface area contributed by atoms with Crippen molar-refractivity contribution in [2.75, 3.05) is 24.3 Å². The van der Waals surface area contributed by atoms with Crippen LogP contribution in [0.25, 0.3) is 11.0 Å². The molecule has 0 fully saturated rings. The third-order valence-electron chi connectivity index (χ3n) is 3.24. The first-order chi connectivity index (χ1) is 9.75. The maximum atomic E-state index is 5.55. The van der Waals surface area contributed by atoms with E-state index >= 15 is 0 Å². The SMILES string of the molecule is CN(C)c1ncccc1NCc1coc2ccccc12. The monoisotopic (exact) mass is 267 g/mol. The van der Waals surface area contributed by atoms with Crippen LogP contribution >= 0.6 is 0 Å². The van der Waals surface area contributed by atoms with Gasteiger partial charge in [-0.05, 0) is 18.2 Å². The van der Waals surface area contributed by atoms with Crippen molar-refractivity contribution in [3.05, 3.63) is 54.4 Å². The summed E-state index contributed by atoms with van der Waals surface area (Å²) < 4.78 is 5.55. The summed E-state index contributed by atoms with van der Waals surface area (Å²) in [6.07, 6.45) is 3.61. The summed E-state index contributed by atoms with van der Waals surface area (Å²) in [5.74, 6) is 0.931. The zero-order valence-electron chi connectivity index (χ0n) is 11.6. The average molecular weight is 267 g/mol. The van der Waals surface area contributed by atoms with Crippen LogP contribution in [0.2, 0.25) is 0 Å². The molecule has 2 aromatic heterocycles. The van der Waals surface area contributed by atoms with Gasteiger partial charge in [0.15, 0.2) is 5.82 Å². The van der Waals surface area contributed by atoms with E-state index in [1.54, 1.807) is 6.20 Å². The van der Waals surface area contributed by atoms with Crippen LogP contribution in [0, 0.1) is 0 Å². The van der Waals surface area contributed by atoms with Crippen LogP contribution in [0.4, 0.5) is 11.5 Å². The van der Waals surface area contributed by atoms with Crippen molar-refractivity contribution in [3.63, 3.8) is 0 Å². The Balaban J connectivity index is 1.83. The topological polar surface area (TPSA) is 41.3 Å². The van der Waals surface area contributed by atoms with Crippen LogP contribution in [0.3, 0.4) is 0 Å². The predicted octanol–water partition coefficient (Wildman–Crippen LogP) is 3.51. The number of nitrogens with one attached hydrogen (secondary N) is 1. The van der Waals surface area contributed by atoms with Crippen LogP contribution in [-0.4, -0.2) is 19.1 Å². The van der Waals surface area contributed by atoms with Crippen LogP contribution < -0.4 is 10.2 Å². The molecule has 0 amide bonds. The van der Waals surface area contributed by atoms with E-state index in [0.717, 1.165) is 28.0 Å². The highest BCUT2D eigenvalue weighted by molar-refractivity contribution is 5.81. The van der Waals surface area contributed by atoms with Gasteiger partial charge in [0, 0.05) is 37.8 Å². The fraction of sp³-hybridized carbons (Fsp3) is 0.188. The summed E-state index contributed by atoms with van der Waals surface area (Å²) in [4.78, 5) is 6.38. The summed E-state index contributed by atoms with van der Waals surface area (Å²) in [6.45, 7) is 0.712. The summed E-state index contributed by atoms with van der Waals surface area (Å²) in [7, 11) is 3.97. The molecule has 4 nitrogen and oxygen atoms in total. The minimum atomic E-state index is 0.712. The highest BCUT2D eigenvalue weighted by atomic mass is 16.3. The molecule has 0 saturated carbocycles. The molecule has 2 heterocycles. The first-order valence-corrected chi connectivity index (χ1v) is 6.57. The minimum Gasteiger partial charge on any atom is -0.464 e. The van der Waals surface area contributed by atoms with Crippen molar-refractivity contribution in [3.8, 4) is 0 Å². The fourth-order valence-corrected chi connectivity index (χ4v) is 2.25. The highest BCUT2D eigenvalue weighted by Crippen LogP contribution is 2.24. The van der Waals surface area contributed by atoms with Crippen LogP contribution in [0.5, 0.6) is 0 Å². The molecule has 0 saturated heterocycles. The van der Waals surface area contributed by atoms with E-state index < -0.39 is 0 Å². The van der Waals surface area contributed by atoms with Gasteiger partial charge >= 0.3 is 0 Å². The number of rotatable bonds is 4. The number of hydrogen-bond donors (Lipinski definition) is 1. The second-order valence-corrected chi connectivity index (χ2v) is 4.88. The van der Waals surface area contributed by atoms with Crippen molar-refractivity contribution >= 4 is 22.5 Å². The molecule has 0 unspecified atom stereocenters. The lowest BCUT2D eigenvalue weighted by Crippen LogP contribution is -2.13. The molecule has 0 radical (unpaired) electrons.